The van der Waals surface area contributed by atoms with Gasteiger partial charge < -0.3 is 19.5 Å². The van der Waals surface area contributed by atoms with Gasteiger partial charge in [0.15, 0.2) is 6.61 Å². The Morgan fingerprint density at radius 3 is 2.44 bits per heavy atom. The van der Waals surface area contributed by atoms with Crippen molar-refractivity contribution in [3.8, 4) is 11.5 Å². The lowest BCUT2D eigenvalue weighted by molar-refractivity contribution is -0.151. The van der Waals surface area contributed by atoms with Crippen molar-refractivity contribution in [2.75, 3.05) is 32.7 Å². The lowest BCUT2D eigenvalue weighted by Gasteiger charge is -2.19. The van der Waals surface area contributed by atoms with Gasteiger partial charge in [-0.05, 0) is 36.8 Å². The number of carbonyl (C=O) groups is 4. The van der Waals surface area contributed by atoms with Gasteiger partial charge in [0, 0.05) is 17.1 Å². The third kappa shape index (κ3) is 5.76. The molecule has 2 N–H and O–H groups in total. The number of esters is 1. The van der Waals surface area contributed by atoms with Crippen molar-refractivity contribution in [3.63, 3.8) is 0 Å². The number of carbonyl (C=O) groups excluding carboxylic acids is 4. The molecule has 2 aromatic carbocycles. The first-order valence-electron chi connectivity index (χ1n) is 10.3. The van der Waals surface area contributed by atoms with Crippen molar-refractivity contribution in [1.82, 2.24) is 10.4 Å². The summed E-state index contributed by atoms with van der Waals surface area (Å²) in [6, 6.07) is 9.85. The van der Waals surface area contributed by atoms with Gasteiger partial charge in [0.05, 0.1) is 26.7 Å². The monoisotopic (exact) mass is 489 g/mol. The van der Waals surface area contributed by atoms with E-state index in [0.717, 1.165) is 10.6 Å². The molecule has 3 amide bonds. The molecule has 34 heavy (non-hydrogen) atoms. The Bertz CT molecular complexity index is 1100. The zero-order chi connectivity index (χ0) is 24.8. The van der Waals surface area contributed by atoms with E-state index in [9.17, 15) is 19.2 Å². The van der Waals surface area contributed by atoms with E-state index in [1.807, 2.05) is 0 Å². The Balaban J connectivity index is 1.56. The summed E-state index contributed by atoms with van der Waals surface area (Å²) in [5.74, 6) is -2.68. The molecule has 1 aliphatic rings. The molecule has 0 aliphatic carbocycles. The highest BCUT2D eigenvalue weighted by Crippen LogP contribution is 2.28. The molecule has 1 heterocycles. The minimum Gasteiger partial charge on any atom is -0.496 e. The van der Waals surface area contributed by atoms with E-state index >= 15 is 0 Å². The predicted molar refractivity (Wildman–Crippen MR) is 123 cm³/mol. The number of nitrogens with one attached hydrogen (secondary N) is 2. The summed E-state index contributed by atoms with van der Waals surface area (Å²) in [6.45, 7) is 1.17. The van der Waals surface area contributed by atoms with E-state index in [0.29, 0.717) is 10.7 Å². The van der Waals surface area contributed by atoms with Crippen LogP contribution in [0, 0.1) is 12.8 Å². The van der Waals surface area contributed by atoms with Crippen LogP contribution in [0.1, 0.15) is 22.3 Å². The number of halogens is 1. The van der Waals surface area contributed by atoms with Crippen LogP contribution in [-0.2, 0) is 19.1 Å². The molecule has 1 saturated heterocycles. The Morgan fingerprint density at radius 1 is 1.12 bits per heavy atom. The Kier molecular flexibility index (Phi) is 7.95. The maximum absolute atomic E-state index is 12.8. The Morgan fingerprint density at radius 2 is 1.79 bits per heavy atom. The number of hydrazine groups is 1. The molecule has 0 bridgehead atoms. The van der Waals surface area contributed by atoms with Crippen LogP contribution in [0.4, 0.5) is 5.69 Å². The number of rotatable bonds is 8. The van der Waals surface area contributed by atoms with E-state index in [-0.39, 0.29) is 30.0 Å². The van der Waals surface area contributed by atoms with Crippen LogP contribution < -0.4 is 20.2 Å². The van der Waals surface area contributed by atoms with Crippen LogP contribution in [0.2, 0.25) is 5.02 Å². The van der Waals surface area contributed by atoms with E-state index in [2.05, 4.69) is 10.7 Å². The van der Waals surface area contributed by atoms with Gasteiger partial charge in [-0.2, -0.15) is 0 Å². The number of nitrogens with zero attached hydrogens (tertiary/aromatic N) is 1. The van der Waals surface area contributed by atoms with Crippen LogP contribution in [0.25, 0.3) is 0 Å². The number of hydrogen-bond acceptors (Lipinski definition) is 7. The van der Waals surface area contributed by atoms with E-state index in [1.165, 1.54) is 14.2 Å². The van der Waals surface area contributed by atoms with Gasteiger partial charge in [-0.15, -0.1) is 0 Å². The quantitative estimate of drug-likeness (QED) is 0.545. The molecule has 180 valence electrons. The highest BCUT2D eigenvalue weighted by Gasteiger charge is 2.37. The molecule has 0 aromatic heterocycles. The maximum Gasteiger partial charge on any atom is 0.311 e. The second-order valence-electron chi connectivity index (χ2n) is 7.50. The molecule has 11 heteroatoms. The number of benzene rings is 2. The van der Waals surface area contributed by atoms with Gasteiger partial charge in [0.1, 0.15) is 17.1 Å². The Hall–Kier alpha value is -3.79. The molecule has 0 unspecified atom stereocenters. The summed E-state index contributed by atoms with van der Waals surface area (Å²) in [7, 11) is 2.81. The molecule has 1 atom stereocenters. The number of methoxy groups -OCH3 is 2. The van der Waals surface area contributed by atoms with Crippen LogP contribution in [0.5, 0.6) is 11.5 Å². The second-order valence-corrected chi connectivity index (χ2v) is 7.94. The number of anilines is 1. The normalized spacial score (nSPS) is 15.0. The van der Waals surface area contributed by atoms with Gasteiger partial charge in [-0.25, -0.2) is 0 Å². The van der Waals surface area contributed by atoms with Crippen molar-refractivity contribution >= 4 is 41.0 Å². The van der Waals surface area contributed by atoms with Crippen molar-refractivity contribution in [2.45, 2.75) is 13.3 Å². The average Bonchev–Trinajstić information content (AvgIpc) is 3.19. The van der Waals surface area contributed by atoms with Crippen LogP contribution in [-0.4, -0.2) is 56.1 Å². The maximum atomic E-state index is 12.8. The average molecular weight is 490 g/mol. The van der Waals surface area contributed by atoms with E-state index < -0.39 is 36.2 Å². The summed E-state index contributed by atoms with van der Waals surface area (Å²) in [4.78, 5) is 49.7. The van der Waals surface area contributed by atoms with Gasteiger partial charge in [-0.1, -0.05) is 23.7 Å². The lowest BCUT2D eigenvalue weighted by atomic mass is 10.1. The number of hydrogen-bond donors (Lipinski definition) is 2. The van der Waals surface area contributed by atoms with Gasteiger partial charge >= 0.3 is 5.97 Å². The van der Waals surface area contributed by atoms with Gasteiger partial charge in [0.25, 0.3) is 11.8 Å². The number of amides is 3. The predicted octanol–water partition coefficient (Wildman–Crippen LogP) is 2.34. The largest absolute Gasteiger partial charge is 0.496 e. The standard InChI is InChI=1S/C23H24ClN3O7/c1-13-7-8-15(24)10-16(13)25-19(28)12-34-23(31)14-9-20(29)27(11-14)26-22(30)21-17(32-2)5-4-6-18(21)33-3/h4-8,10,14H,9,11-12H2,1-3H3,(H,25,28)(H,26,30)/t14-/m1/s1. The van der Waals surface area contributed by atoms with Crippen LogP contribution in [0.3, 0.4) is 0 Å². The molecular weight excluding hydrogens is 466 g/mol. The number of aryl methyl sites for hydroxylation is 1. The second kappa shape index (κ2) is 10.9. The molecule has 10 nitrogen and oxygen atoms in total. The minimum atomic E-state index is -0.840. The van der Waals surface area contributed by atoms with Gasteiger partial charge in [0.2, 0.25) is 5.91 Å². The zero-order valence-corrected chi connectivity index (χ0v) is 19.6. The number of ether oxygens (including phenoxy) is 3. The Labute approximate surface area is 201 Å². The lowest BCUT2D eigenvalue weighted by Crippen LogP contribution is -2.43. The zero-order valence-electron chi connectivity index (χ0n) is 18.8. The molecule has 0 radical (unpaired) electrons. The fraction of sp³-hybridized carbons (Fsp3) is 0.304. The van der Waals surface area contributed by atoms with Crippen molar-refractivity contribution in [2.24, 2.45) is 5.92 Å². The van der Waals surface area contributed by atoms with Crippen molar-refractivity contribution in [1.29, 1.82) is 0 Å². The highest BCUT2D eigenvalue weighted by molar-refractivity contribution is 6.31. The first kappa shape index (κ1) is 24.8. The summed E-state index contributed by atoms with van der Waals surface area (Å²) in [5, 5.41) is 4.11. The first-order valence-corrected chi connectivity index (χ1v) is 10.7. The topological polar surface area (TPSA) is 123 Å². The molecule has 1 aliphatic heterocycles. The van der Waals surface area contributed by atoms with Gasteiger partial charge in [-0.3, -0.25) is 29.6 Å². The smallest absolute Gasteiger partial charge is 0.311 e. The third-order valence-corrected chi connectivity index (χ3v) is 5.40. The first-order chi connectivity index (χ1) is 16.2. The third-order valence-electron chi connectivity index (χ3n) is 5.17. The molecule has 0 saturated carbocycles. The fourth-order valence-electron chi connectivity index (χ4n) is 3.40. The summed E-state index contributed by atoms with van der Waals surface area (Å²) in [6.07, 6.45) is -0.169. The van der Waals surface area contributed by atoms with E-state index in [1.54, 1.807) is 43.3 Å². The molecule has 1 fully saturated rings. The molecular formula is C23H24ClN3O7. The summed E-state index contributed by atoms with van der Waals surface area (Å²) < 4.78 is 15.5. The van der Waals surface area contributed by atoms with Crippen LogP contribution >= 0.6 is 11.6 Å². The van der Waals surface area contributed by atoms with E-state index in [4.69, 9.17) is 25.8 Å². The molecule has 0 spiro atoms. The fourth-order valence-corrected chi connectivity index (χ4v) is 3.57. The molecule has 3 rings (SSSR count). The SMILES string of the molecule is COc1cccc(OC)c1C(=O)NN1C[C@H](C(=O)OCC(=O)Nc2cc(Cl)ccc2C)CC1=O. The van der Waals surface area contributed by atoms with Crippen LogP contribution in [0.15, 0.2) is 36.4 Å². The summed E-state index contributed by atoms with van der Waals surface area (Å²) in [5.41, 5.74) is 3.88. The highest BCUT2D eigenvalue weighted by atomic mass is 35.5. The minimum absolute atomic E-state index is 0.101. The van der Waals surface area contributed by atoms with Crippen molar-refractivity contribution in [3.05, 3.63) is 52.5 Å². The molecule has 2 aromatic rings. The summed E-state index contributed by atoms with van der Waals surface area (Å²) >= 11 is 5.93. The van der Waals surface area contributed by atoms with Crippen molar-refractivity contribution < 1.29 is 33.4 Å².